The molecule has 2 amide bonds. The Kier molecular flexibility index (Phi) is 6.00. The lowest BCUT2D eigenvalue weighted by Crippen LogP contribution is -2.30. The molecule has 2 atom stereocenters. The lowest BCUT2D eigenvalue weighted by molar-refractivity contribution is -0.151. The van der Waals surface area contributed by atoms with Gasteiger partial charge in [-0.2, -0.15) is 5.10 Å². The van der Waals surface area contributed by atoms with Gasteiger partial charge in [-0.15, -0.1) is 0 Å². The zero-order valence-corrected chi connectivity index (χ0v) is 17.1. The molecule has 154 valence electrons. The first-order valence-electron chi connectivity index (χ1n) is 9.59. The van der Waals surface area contributed by atoms with Crippen molar-refractivity contribution in [3.05, 3.63) is 47.3 Å². The average Bonchev–Trinajstić information content (AvgIpc) is 3.21. The van der Waals surface area contributed by atoms with Gasteiger partial charge in [0.15, 0.2) is 6.61 Å². The van der Waals surface area contributed by atoms with Gasteiger partial charge in [0.05, 0.1) is 29.0 Å². The Morgan fingerprint density at radius 2 is 1.97 bits per heavy atom. The average molecular weight is 398 g/mol. The summed E-state index contributed by atoms with van der Waals surface area (Å²) in [5.41, 5.74) is 3.13. The van der Waals surface area contributed by atoms with Gasteiger partial charge in [-0.25, -0.2) is 0 Å². The minimum absolute atomic E-state index is 0.0886. The topological polar surface area (TPSA) is 93.5 Å². The molecule has 8 nitrogen and oxygen atoms in total. The molecule has 0 aliphatic carbocycles. The fourth-order valence-corrected chi connectivity index (χ4v) is 3.56. The van der Waals surface area contributed by atoms with Crippen molar-refractivity contribution in [3.63, 3.8) is 0 Å². The molecule has 29 heavy (non-hydrogen) atoms. The summed E-state index contributed by atoms with van der Waals surface area (Å²) in [4.78, 5) is 38.6. The predicted octanol–water partition coefficient (Wildman–Crippen LogP) is 2.13. The van der Waals surface area contributed by atoms with Crippen LogP contribution in [0.25, 0.3) is 0 Å². The maximum absolute atomic E-state index is 12.4. The van der Waals surface area contributed by atoms with Gasteiger partial charge >= 0.3 is 5.97 Å². The van der Waals surface area contributed by atoms with E-state index in [0.29, 0.717) is 11.4 Å². The van der Waals surface area contributed by atoms with Crippen LogP contribution in [-0.4, -0.2) is 45.6 Å². The SMILES string of the molecule is Cc1nn(C)c(C)c1NC(=O)COC(=O)[C@@H]1CC(=O)N([C@H](C)c2ccccc2)C1. The molecule has 0 radical (unpaired) electrons. The minimum Gasteiger partial charge on any atom is -0.455 e. The molecule has 2 aromatic rings. The number of carbonyl (C=O) groups excluding carboxylic acids is 3. The van der Waals surface area contributed by atoms with Gasteiger partial charge in [0.1, 0.15) is 0 Å². The number of ether oxygens (including phenoxy) is 1. The molecule has 1 aliphatic rings. The first-order valence-corrected chi connectivity index (χ1v) is 9.59. The van der Waals surface area contributed by atoms with E-state index in [-0.39, 0.29) is 24.9 Å². The normalized spacial score (nSPS) is 17.3. The van der Waals surface area contributed by atoms with Crippen molar-refractivity contribution < 1.29 is 19.1 Å². The maximum Gasteiger partial charge on any atom is 0.311 e. The molecular formula is C21H26N4O4. The number of hydrogen-bond donors (Lipinski definition) is 1. The second kappa shape index (κ2) is 8.46. The Bertz CT molecular complexity index is 922. The van der Waals surface area contributed by atoms with Crippen molar-refractivity contribution in [3.8, 4) is 0 Å². The van der Waals surface area contributed by atoms with E-state index in [2.05, 4.69) is 10.4 Å². The molecular weight excluding hydrogens is 372 g/mol. The smallest absolute Gasteiger partial charge is 0.311 e. The molecule has 0 saturated carbocycles. The summed E-state index contributed by atoms with van der Waals surface area (Å²) < 4.78 is 6.84. The number of rotatable bonds is 6. The van der Waals surface area contributed by atoms with Crippen molar-refractivity contribution >= 4 is 23.5 Å². The molecule has 0 unspecified atom stereocenters. The number of likely N-dealkylation sites (tertiary alicyclic amines) is 1. The second-order valence-corrected chi connectivity index (χ2v) is 7.36. The highest BCUT2D eigenvalue weighted by atomic mass is 16.5. The number of nitrogens with zero attached hydrogens (tertiary/aromatic N) is 3. The summed E-state index contributed by atoms with van der Waals surface area (Å²) in [5, 5.41) is 6.96. The van der Waals surface area contributed by atoms with Crippen LogP contribution < -0.4 is 5.32 Å². The Hall–Kier alpha value is -3.16. The number of esters is 1. The van der Waals surface area contributed by atoms with Crippen LogP contribution in [0.3, 0.4) is 0 Å². The summed E-state index contributed by atoms with van der Waals surface area (Å²) in [6.07, 6.45) is 0.0957. The summed E-state index contributed by atoms with van der Waals surface area (Å²) in [6.45, 7) is 5.46. The second-order valence-electron chi connectivity index (χ2n) is 7.36. The summed E-state index contributed by atoms with van der Waals surface area (Å²) in [7, 11) is 1.79. The van der Waals surface area contributed by atoms with Crippen LogP contribution >= 0.6 is 0 Å². The Balaban J connectivity index is 1.53. The third-order valence-corrected chi connectivity index (χ3v) is 5.36. The third-order valence-electron chi connectivity index (χ3n) is 5.36. The van der Waals surface area contributed by atoms with Gasteiger partial charge < -0.3 is 15.0 Å². The zero-order valence-electron chi connectivity index (χ0n) is 17.1. The van der Waals surface area contributed by atoms with Crippen molar-refractivity contribution in [2.45, 2.75) is 33.2 Å². The van der Waals surface area contributed by atoms with Crippen LogP contribution in [0, 0.1) is 19.8 Å². The molecule has 1 saturated heterocycles. The molecule has 1 N–H and O–H groups in total. The number of hydrogen-bond acceptors (Lipinski definition) is 5. The molecule has 8 heteroatoms. The van der Waals surface area contributed by atoms with E-state index in [9.17, 15) is 14.4 Å². The molecule has 0 spiro atoms. The van der Waals surface area contributed by atoms with Crippen molar-refractivity contribution in [2.24, 2.45) is 13.0 Å². The van der Waals surface area contributed by atoms with Crippen LogP contribution in [0.2, 0.25) is 0 Å². The van der Waals surface area contributed by atoms with Crippen molar-refractivity contribution in [1.82, 2.24) is 14.7 Å². The van der Waals surface area contributed by atoms with Gasteiger partial charge in [-0.1, -0.05) is 30.3 Å². The lowest BCUT2D eigenvalue weighted by atomic mass is 10.1. The largest absolute Gasteiger partial charge is 0.455 e. The number of anilines is 1. The van der Waals surface area contributed by atoms with Crippen molar-refractivity contribution in [1.29, 1.82) is 0 Å². The zero-order chi connectivity index (χ0) is 21.1. The lowest BCUT2D eigenvalue weighted by Gasteiger charge is -2.25. The van der Waals surface area contributed by atoms with E-state index in [1.807, 2.05) is 44.2 Å². The van der Waals surface area contributed by atoms with E-state index in [1.165, 1.54) is 0 Å². The highest BCUT2D eigenvalue weighted by molar-refractivity contribution is 5.94. The number of aromatic nitrogens is 2. The number of aryl methyl sites for hydroxylation is 2. The van der Waals surface area contributed by atoms with Crippen LogP contribution in [-0.2, 0) is 26.2 Å². The summed E-state index contributed by atoms with van der Waals surface area (Å²) >= 11 is 0. The van der Waals surface area contributed by atoms with Gasteiger partial charge in [0.2, 0.25) is 5.91 Å². The molecule has 3 rings (SSSR count). The molecule has 1 aromatic heterocycles. The monoisotopic (exact) mass is 398 g/mol. The minimum atomic E-state index is -0.566. The first kappa shape index (κ1) is 20.6. The van der Waals surface area contributed by atoms with Crippen LogP contribution in [0.15, 0.2) is 30.3 Å². The van der Waals surface area contributed by atoms with Gasteiger partial charge in [-0.05, 0) is 26.3 Å². The first-order chi connectivity index (χ1) is 13.8. The number of amides is 2. The van der Waals surface area contributed by atoms with Crippen LogP contribution in [0.4, 0.5) is 5.69 Å². The van der Waals surface area contributed by atoms with Gasteiger partial charge in [0.25, 0.3) is 5.91 Å². The van der Waals surface area contributed by atoms with Gasteiger partial charge in [-0.3, -0.25) is 19.1 Å². The standard InChI is InChI=1S/C21H26N4O4/c1-13-20(15(3)24(4)23-13)22-18(26)12-29-21(28)17-10-19(27)25(11-17)14(2)16-8-6-5-7-9-16/h5-9,14,17H,10-12H2,1-4H3,(H,22,26)/t14-,17-/m1/s1. The fourth-order valence-electron chi connectivity index (χ4n) is 3.56. The van der Waals surface area contributed by atoms with Crippen molar-refractivity contribution in [2.75, 3.05) is 18.5 Å². The predicted molar refractivity (Wildman–Crippen MR) is 107 cm³/mol. The van der Waals surface area contributed by atoms with E-state index >= 15 is 0 Å². The molecule has 1 fully saturated rings. The number of benzene rings is 1. The molecule has 2 heterocycles. The third kappa shape index (κ3) is 4.47. The van der Waals surface area contributed by atoms with Crippen LogP contribution in [0.1, 0.15) is 36.3 Å². The Morgan fingerprint density at radius 3 is 2.59 bits per heavy atom. The summed E-state index contributed by atoms with van der Waals surface area (Å²) in [5.74, 6) is -1.62. The molecule has 0 bridgehead atoms. The van der Waals surface area contributed by atoms with E-state index < -0.39 is 24.4 Å². The highest BCUT2D eigenvalue weighted by Gasteiger charge is 2.38. The fraction of sp³-hybridized carbons (Fsp3) is 0.429. The van der Waals surface area contributed by atoms with Gasteiger partial charge in [0, 0.05) is 20.0 Å². The summed E-state index contributed by atoms with van der Waals surface area (Å²) in [6, 6.07) is 9.54. The molecule has 1 aliphatic heterocycles. The van der Waals surface area contributed by atoms with E-state index in [0.717, 1.165) is 11.3 Å². The number of nitrogens with one attached hydrogen (secondary N) is 1. The van der Waals surface area contributed by atoms with E-state index in [4.69, 9.17) is 4.74 Å². The highest BCUT2D eigenvalue weighted by Crippen LogP contribution is 2.29. The maximum atomic E-state index is 12.4. The number of carbonyl (C=O) groups is 3. The Labute approximate surface area is 169 Å². The molecule has 1 aromatic carbocycles. The Morgan fingerprint density at radius 1 is 1.28 bits per heavy atom. The quantitative estimate of drug-likeness (QED) is 0.753. The van der Waals surface area contributed by atoms with E-state index in [1.54, 1.807) is 23.6 Å². The van der Waals surface area contributed by atoms with Crippen LogP contribution in [0.5, 0.6) is 0 Å².